The molecule has 0 fully saturated rings. The summed E-state index contributed by atoms with van der Waals surface area (Å²) in [5.74, 6) is -8.36. The molecule has 1 aliphatic heterocycles. The third-order valence-corrected chi connectivity index (χ3v) is 16.9. The summed E-state index contributed by atoms with van der Waals surface area (Å²) in [4.78, 5) is 11.1. The normalized spacial score (nSPS) is 12.7. The zero-order chi connectivity index (χ0) is 62.3. The van der Waals surface area contributed by atoms with Crippen molar-refractivity contribution in [1.82, 2.24) is 9.55 Å². The molecular formula is C78H66F5N5O. The maximum atomic E-state index is 17.1. The molecule has 3 heterocycles. The van der Waals surface area contributed by atoms with E-state index in [2.05, 4.69) is 131 Å². The highest BCUT2D eigenvalue weighted by Crippen LogP contribution is 2.54. The number of rotatable bonds is 11. The summed E-state index contributed by atoms with van der Waals surface area (Å²) in [6.07, 6.45) is 1.86. The van der Waals surface area contributed by atoms with Crippen LogP contribution in [0.15, 0.2) is 225 Å². The van der Waals surface area contributed by atoms with Crippen LogP contribution in [0.3, 0.4) is 0 Å². The monoisotopic (exact) mass is 1180 g/mol. The van der Waals surface area contributed by atoms with Crippen LogP contribution in [0.5, 0.6) is 11.5 Å². The summed E-state index contributed by atoms with van der Waals surface area (Å²) in [7, 11) is 0. The molecule has 0 N–H and O–H groups in total. The lowest BCUT2D eigenvalue weighted by Crippen LogP contribution is -2.25. The molecule has 10 aromatic carbocycles. The molecule has 444 valence electrons. The van der Waals surface area contributed by atoms with Crippen molar-refractivity contribution in [2.24, 2.45) is 0 Å². The van der Waals surface area contributed by atoms with Gasteiger partial charge < -0.3 is 19.4 Å². The van der Waals surface area contributed by atoms with E-state index in [1.54, 1.807) is 6.07 Å². The zero-order valence-electron chi connectivity index (χ0n) is 51.1. The largest absolute Gasteiger partial charge is 0.457 e. The van der Waals surface area contributed by atoms with Gasteiger partial charge in [0.15, 0.2) is 23.3 Å². The fraction of sp³-hybridized carbons (Fsp3) is 0.167. The lowest BCUT2D eigenvalue weighted by Gasteiger charge is -2.31. The number of anilines is 7. The summed E-state index contributed by atoms with van der Waals surface area (Å²) in [6, 6.07) is 71.6. The van der Waals surface area contributed by atoms with Gasteiger partial charge in [0.2, 0.25) is 5.82 Å². The number of ether oxygens (including phenoxy) is 1. The van der Waals surface area contributed by atoms with Gasteiger partial charge in [-0.3, -0.25) is 4.57 Å². The molecule has 12 aromatic rings. The Labute approximate surface area is 516 Å². The van der Waals surface area contributed by atoms with E-state index in [0.717, 1.165) is 61.4 Å². The molecule has 13 rings (SSSR count). The first-order chi connectivity index (χ1) is 42.6. The van der Waals surface area contributed by atoms with E-state index in [4.69, 9.17) is 9.72 Å². The van der Waals surface area contributed by atoms with Crippen LogP contribution in [0.2, 0.25) is 0 Å². The predicted molar refractivity (Wildman–Crippen MR) is 354 cm³/mol. The number of hydrogen-bond donors (Lipinski definition) is 0. The first kappa shape index (κ1) is 58.0. The highest BCUT2D eigenvalue weighted by atomic mass is 19.2. The number of benzene rings is 10. The van der Waals surface area contributed by atoms with Gasteiger partial charge in [-0.2, -0.15) is 0 Å². The van der Waals surface area contributed by atoms with Crippen molar-refractivity contribution in [1.29, 1.82) is 0 Å². The second-order valence-electron chi connectivity index (χ2n) is 26.0. The third-order valence-electron chi connectivity index (χ3n) is 16.9. The Morgan fingerprint density at radius 2 is 0.944 bits per heavy atom. The third kappa shape index (κ3) is 10.7. The summed E-state index contributed by atoms with van der Waals surface area (Å²) in [6.45, 7) is 19.3. The van der Waals surface area contributed by atoms with Crippen LogP contribution in [0.4, 0.5) is 61.8 Å². The quantitative estimate of drug-likeness (QED) is 0.0733. The van der Waals surface area contributed by atoms with Crippen molar-refractivity contribution >= 4 is 61.6 Å². The molecule has 0 amide bonds. The summed E-state index contributed by atoms with van der Waals surface area (Å²) < 4.78 is 90.7. The summed E-state index contributed by atoms with van der Waals surface area (Å²) in [5.41, 5.74) is 10.1. The molecule has 0 saturated heterocycles. The average molecular weight is 1180 g/mol. The first-order valence-electron chi connectivity index (χ1n) is 29.9. The Balaban J connectivity index is 1.05. The molecule has 0 saturated carbocycles. The minimum Gasteiger partial charge on any atom is -0.457 e. The number of halogens is 5. The van der Waals surface area contributed by atoms with E-state index in [1.807, 2.05) is 169 Å². The van der Waals surface area contributed by atoms with E-state index in [0.29, 0.717) is 50.8 Å². The van der Waals surface area contributed by atoms with Crippen LogP contribution >= 0.6 is 0 Å². The number of pyridine rings is 1. The van der Waals surface area contributed by atoms with Crippen LogP contribution in [0.1, 0.15) is 79.0 Å². The Bertz CT molecular complexity index is 4600. The Morgan fingerprint density at radius 1 is 0.404 bits per heavy atom. The van der Waals surface area contributed by atoms with Crippen molar-refractivity contribution in [2.45, 2.75) is 78.6 Å². The molecule has 0 radical (unpaired) electrons. The van der Waals surface area contributed by atoms with Crippen molar-refractivity contribution in [3.8, 4) is 50.7 Å². The second-order valence-corrected chi connectivity index (χ2v) is 26.0. The van der Waals surface area contributed by atoms with E-state index < -0.39 is 34.6 Å². The number of para-hydroxylation sites is 5. The van der Waals surface area contributed by atoms with Crippen molar-refractivity contribution in [2.75, 3.05) is 21.4 Å². The van der Waals surface area contributed by atoms with Gasteiger partial charge in [0.1, 0.15) is 24.0 Å². The average Bonchev–Trinajstić information content (AvgIpc) is 1.82. The standard InChI is InChI=1S/C78H66F5N5O/c1-76(2,3)51-35-36-84-68(42-51)88-64-30-20-19-29-60(64)61-34-33-58(46-67(61)88)89-59-44-56(43-57(45-59)87(54-25-15-11-16-26-54)55-27-17-12-18-28-55)85-47-86(66-32-22-21-31-65(66)85)75-62(50-37-52(77(4,5)6)41-53(38-50)78(7,8)9)39-49(48-23-13-10-14-24-48)40-63(75)69-70(79)72(81)74(83)73(82)71(69)80/h10-46H,47H2,1-9H3. The van der Waals surface area contributed by atoms with E-state index in [-0.39, 0.29) is 34.2 Å². The van der Waals surface area contributed by atoms with Crippen molar-refractivity contribution in [3.05, 3.63) is 270 Å². The maximum Gasteiger partial charge on any atom is 0.200 e. The lowest BCUT2D eigenvalue weighted by molar-refractivity contribution is 0.381. The Kier molecular flexibility index (Phi) is 14.5. The highest BCUT2D eigenvalue weighted by Gasteiger charge is 2.37. The minimum absolute atomic E-state index is 0.0107. The summed E-state index contributed by atoms with van der Waals surface area (Å²) >= 11 is 0. The summed E-state index contributed by atoms with van der Waals surface area (Å²) in [5, 5.41) is 2.09. The SMILES string of the molecule is CC(C)(C)c1cc(-c2cc(-c3ccccc3)cc(-c3c(F)c(F)c(F)c(F)c3F)c2N2CN(c3cc(Oc4ccc5c6ccccc6n(-c6cc(C(C)(C)C)ccn6)c5c4)cc(N(c4ccccc4)c4ccccc4)c3)c3ccccc32)cc(C(C)(C)C)c1. The van der Waals surface area contributed by atoms with Gasteiger partial charge in [-0.25, -0.2) is 26.9 Å². The van der Waals surface area contributed by atoms with Crippen LogP contribution < -0.4 is 19.4 Å². The van der Waals surface area contributed by atoms with Gasteiger partial charge in [0.25, 0.3) is 0 Å². The molecule has 11 heteroatoms. The Morgan fingerprint density at radius 3 is 1.56 bits per heavy atom. The minimum atomic E-state index is -2.24. The first-order valence-corrected chi connectivity index (χ1v) is 29.9. The fourth-order valence-electron chi connectivity index (χ4n) is 12.2. The zero-order valence-corrected chi connectivity index (χ0v) is 51.1. The maximum absolute atomic E-state index is 17.1. The van der Waals surface area contributed by atoms with Crippen LogP contribution in [-0.2, 0) is 16.2 Å². The number of hydrogen-bond acceptors (Lipinski definition) is 5. The van der Waals surface area contributed by atoms with Gasteiger partial charge in [0.05, 0.1) is 39.3 Å². The topological polar surface area (TPSA) is 36.8 Å². The van der Waals surface area contributed by atoms with Gasteiger partial charge in [-0.15, -0.1) is 0 Å². The van der Waals surface area contributed by atoms with Crippen molar-refractivity contribution < 1.29 is 26.7 Å². The number of fused-ring (bicyclic) bond motifs is 4. The molecule has 0 bridgehead atoms. The van der Waals surface area contributed by atoms with E-state index in [9.17, 15) is 0 Å². The number of nitrogens with zero attached hydrogens (tertiary/aromatic N) is 5. The highest BCUT2D eigenvalue weighted by molar-refractivity contribution is 6.09. The molecule has 0 spiro atoms. The van der Waals surface area contributed by atoms with E-state index in [1.165, 1.54) is 0 Å². The van der Waals surface area contributed by atoms with Gasteiger partial charge in [-0.05, 0) is 135 Å². The van der Waals surface area contributed by atoms with Crippen LogP contribution in [0.25, 0.3) is 61.0 Å². The molecule has 1 aliphatic rings. The molecule has 89 heavy (non-hydrogen) atoms. The van der Waals surface area contributed by atoms with Crippen LogP contribution in [0, 0.1) is 29.1 Å². The molecule has 2 aromatic heterocycles. The molecular weight excluding hydrogens is 1120 g/mol. The van der Waals surface area contributed by atoms with Gasteiger partial charge in [-0.1, -0.05) is 178 Å². The molecule has 0 atom stereocenters. The smallest absolute Gasteiger partial charge is 0.200 e. The molecule has 0 aliphatic carbocycles. The lowest BCUT2D eigenvalue weighted by atomic mass is 9.78. The second kappa shape index (κ2) is 22.3. The fourth-order valence-corrected chi connectivity index (χ4v) is 12.2. The van der Waals surface area contributed by atoms with Crippen molar-refractivity contribution in [3.63, 3.8) is 0 Å². The van der Waals surface area contributed by atoms with Gasteiger partial charge >= 0.3 is 0 Å². The number of aromatic nitrogens is 2. The van der Waals surface area contributed by atoms with Gasteiger partial charge in [0, 0.05) is 63.4 Å². The van der Waals surface area contributed by atoms with Crippen LogP contribution in [-0.4, -0.2) is 16.2 Å². The Hall–Kier alpha value is -10.0. The predicted octanol–water partition coefficient (Wildman–Crippen LogP) is 22.3. The molecule has 6 nitrogen and oxygen atoms in total. The van der Waals surface area contributed by atoms with E-state index >= 15 is 22.0 Å². The molecule has 0 unspecified atom stereocenters.